The van der Waals surface area contributed by atoms with Gasteiger partial charge in [-0.25, -0.2) is 0 Å². The van der Waals surface area contributed by atoms with Crippen LogP contribution in [0.5, 0.6) is 0 Å². The van der Waals surface area contributed by atoms with E-state index in [9.17, 15) is 4.79 Å². The van der Waals surface area contributed by atoms with Crippen molar-refractivity contribution in [1.82, 2.24) is 10.2 Å². The number of nitrogens with one attached hydrogen (secondary N) is 1. The van der Waals surface area contributed by atoms with Crippen LogP contribution in [0, 0.1) is 0 Å². The first-order valence-corrected chi connectivity index (χ1v) is 5.09. The van der Waals surface area contributed by atoms with E-state index in [1.165, 1.54) is 0 Å². The van der Waals surface area contributed by atoms with Crippen molar-refractivity contribution in [2.45, 2.75) is 25.8 Å². The van der Waals surface area contributed by atoms with Crippen molar-refractivity contribution in [3.8, 4) is 0 Å². The molecule has 0 saturated carbocycles. The second kappa shape index (κ2) is 7.15. The molecule has 0 aliphatic rings. The molecule has 0 fully saturated rings. The topological polar surface area (TPSA) is 32.3 Å². The van der Waals surface area contributed by atoms with E-state index in [4.69, 9.17) is 11.6 Å². The number of hydrogen-bond donors (Lipinski definition) is 1. The van der Waals surface area contributed by atoms with Crippen molar-refractivity contribution in [3.05, 3.63) is 0 Å². The van der Waals surface area contributed by atoms with Crippen LogP contribution in [-0.4, -0.2) is 43.4 Å². The van der Waals surface area contributed by atoms with Crippen molar-refractivity contribution in [3.63, 3.8) is 0 Å². The van der Waals surface area contributed by atoms with Crippen LogP contribution in [0.2, 0.25) is 0 Å². The summed E-state index contributed by atoms with van der Waals surface area (Å²) in [6.45, 7) is 2.87. The minimum atomic E-state index is 0.0926. The number of rotatable bonds is 6. The molecular weight excluding hydrogens is 188 g/mol. The molecular formula is C9H19ClN2O. The monoisotopic (exact) mass is 206 g/mol. The van der Waals surface area contributed by atoms with E-state index < -0.39 is 0 Å². The van der Waals surface area contributed by atoms with Gasteiger partial charge in [0.2, 0.25) is 5.91 Å². The van der Waals surface area contributed by atoms with Gasteiger partial charge in [0.05, 0.1) is 0 Å². The third kappa shape index (κ3) is 8.06. The summed E-state index contributed by atoms with van der Waals surface area (Å²) in [4.78, 5) is 13.3. The van der Waals surface area contributed by atoms with Gasteiger partial charge in [0.1, 0.15) is 0 Å². The van der Waals surface area contributed by atoms with Gasteiger partial charge in [-0.15, -0.1) is 11.6 Å². The quantitative estimate of drug-likeness (QED) is 0.660. The maximum atomic E-state index is 11.2. The lowest BCUT2D eigenvalue weighted by Crippen LogP contribution is -2.39. The summed E-state index contributed by atoms with van der Waals surface area (Å²) in [5, 5.41) is 2.91. The molecule has 0 saturated heterocycles. The van der Waals surface area contributed by atoms with E-state index in [0.717, 1.165) is 13.0 Å². The molecule has 13 heavy (non-hydrogen) atoms. The Morgan fingerprint density at radius 2 is 2.15 bits per heavy atom. The molecule has 0 aromatic rings. The maximum absolute atomic E-state index is 11.2. The van der Waals surface area contributed by atoms with E-state index in [2.05, 4.69) is 5.32 Å². The summed E-state index contributed by atoms with van der Waals surface area (Å²) in [6, 6.07) is 0.206. The number of likely N-dealkylation sites (N-methyl/N-ethyl adjacent to an activating group) is 1. The second-order valence-corrected chi connectivity index (χ2v) is 3.90. The molecule has 1 atom stereocenters. The zero-order valence-corrected chi connectivity index (χ0v) is 9.40. The standard InChI is InChI=1S/C9H19ClN2O/c1-8(7-12(2)3)11-9(13)5-4-6-10/h8H,4-7H2,1-3H3,(H,11,13). The van der Waals surface area contributed by atoms with Crippen LogP contribution in [0.3, 0.4) is 0 Å². The fourth-order valence-electron chi connectivity index (χ4n) is 1.17. The number of carbonyl (C=O) groups is 1. The van der Waals surface area contributed by atoms with Gasteiger partial charge >= 0.3 is 0 Å². The van der Waals surface area contributed by atoms with E-state index in [0.29, 0.717) is 12.3 Å². The minimum absolute atomic E-state index is 0.0926. The number of alkyl halides is 1. The van der Waals surface area contributed by atoms with Gasteiger partial charge in [-0.2, -0.15) is 0 Å². The molecule has 1 amide bonds. The van der Waals surface area contributed by atoms with Crippen molar-refractivity contribution in [1.29, 1.82) is 0 Å². The summed E-state index contributed by atoms with van der Waals surface area (Å²) in [6.07, 6.45) is 1.28. The molecule has 3 nitrogen and oxygen atoms in total. The number of halogens is 1. The number of hydrogen-bond acceptors (Lipinski definition) is 2. The lowest BCUT2D eigenvalue weighted by Gasteiger charge is -2.18. The Hall–Kier alpha value is -0.280. The molecule has 0 aromatic heterocycles. The molecule has 0 radical (unpaired) electrons. The molecule has 0 bridgehead atoms. The van der Waals surface area contributed by atoms with E-state index in [1.54, 1.807) is 0 Å². The lowest BCUT2D eigenvalue weighted by atomic mass is 10.2. The molecule has 0 aliphatic heterocycles. The first kappa shape index (κ1) is 12.7. The van der Waals surface area contributed by atoms with Gasteiger partial charge in [0.25, 0.3) is 0 Å². The smallest absolute Gasteiger partial charge is 0.220 e. The predicted octanol–water partition coefficient (Wildman–Crippen LogP) is 1.07. The van der Waals surface area contributed by atoms with Crippen LogP contribution >= 0.6 is 11.6 Å². The number of amides is 1. The Balaban J connectivity index is 3.53. The zero-order chi connectivity index (χ0) is 10.3. The Kier molecular flexibility index (Phi) is 7.00. The van der Waals surface area contributed by atoms with Gasteiger partial charge in [-0.1, -0.05) is 0 Å². The molecule has 0 aromatic carbocycles. The van der Waals surface area contributed by atoms with Crippen molar-refractivity contribution < 1.29 is 4.79 Å². The molecule has 0 heterocycles. The Labute approximate surface area is 85.4 Å². The molecule has 4 heteroatoms. The molecule has 0 rings (SSSR count). The molecule has 78 valence electrons. The third-order valence-electron chi connectivity index (χ3n) is 1.58. The van der Waals surface area contributed by atoms with Crippen LogP contribution in [0.4, 0.5) is 0 Å². The lowest BCUT2D eigenvalue weighted by molar-refractivity contribution is -0.121. The van der Waals surface area contributed by atoms with Crippen LogP contribution < -0.4 is 5.32 Å². The summed E-state index contributed by atoms with van der Waals surface area (Å²) >= 11 is 5.48. The number of carbonyl (C=O) groups excluding carboxylic acids is 1. The first-order valence-electron chi connectivity index (χ1n) is 4.56. The Morgan fingerprint density at radius 3 is 2.62 bits per heavy atom. The van der Waals surface area contributed by atoms with Gasteiger partial charge in [0.15, 0.2) is 0 Å². The molecule has 1 N–H and O–H groups in total. The zero-order valence-electron chi connectivity index (χ0n) is 8.64. The summed E-state index contributed by atoms with van der Waals surface area (Å²) in [5.74, 6) is 0.644. The molecule has 0 spiro atoms. The second-order valence-electron chi connectivity index (χ2n) is 3.52. The Morgan fingerprint density at radius 1 is 1.54 bits per heavy atom. The van der Waals surface area contributed by atoms with Crippen molar-refractivity contribution in [2.24, 2.45) is 0 Å². The van der Waals surface area contributed by atoms with Crippen LogP contribution in [0.1, 0.15) is 19.8 Å². The van der Waals surface area contributed by atoms with Crippen LogP contribution in [0.15, 0.2) is 0 Å². The van der Waals surface area contributed by atoms with Gasteiger partial charge in [0, 0.05) is 24.9 Å². The molecule has 1 unspecified atom stereocenters. The maximum Gasteiger partial charge on any atom is 0.220 e. The fourth-order valence-corrected chi connectivity index (χ4v) is 1.30. The van der Waals surface area contributed by atoms with E-state index in [-0.39, 0.29) is 11.9 Å². The highest BCUT2D eigenvalue weighted by molar-refractivity contribution is 6.17. The summed E-state index contributed by atoms with van der Waals surface area (Å²) in [7, 11) is 3.98. The Bertz CT molecular complexity index is 151. The van der Waals surface area contributed by atoms with Crippen molar-refractivity contribution >= 4 is 17.5 Å². The van der Waals surface area contributed by atoms with Crippen LogP contribution in [-0.2, 0) is 4.79 Å². The average Bonchev–Trinajstić information content (AvgIpc) is 1.98. The number of nitrogens with zero attached hydrogens (tertiary/aromatic N) is 1. The minimum Gasteiger partial charge on any atom is -0.352 e. The van der Waals surface area contributed by atoms with Crippen molar-refractivity contribution in [2.75, 3.05) is 26.5 Å². The van der Waals surface area contributed by atoms with Gasteiger partial charge in [-0.05, 0) is 27.4 Å². The highest BCUT2D eigenvalue weighted by Crippen LogP contribution is 1.93. The predicted molar refractivity (Wildman–Crippen MR) is 56.1 cm³/mol. The normalized spacial score (nSPS) is 13.0. The average molecular weight is 207 g/mol. The summed E-state index contributed by atoms with van der Waals surface area (Å²) < 4.78 is 0. The van der Waals surface area contributed by atoms with Crippen LogP contribution in [0.25, 0.3) is 0 Å². The third-order valence-corrected chi connectivity index (χ3v) is 1.85. The van der Waals surface area contributed by atoms with Gasteiger partial charge in [-0.3, -0.25) is 4.79 Å². The summed E-state index contributed by atoms with van der Waals surface area (Å²) in [5.41, 5.74) is 0. The molecule has 0 aliphatic carbocycles. The highest BCUT2D eigenvalue weighted by atomic mass is 35.5. The van der Waals surface area contributed by atoms with E-state index in [1.807, 2.05) is 25.9 Å². The highest BCUT2D eigenvalue weighted by Gasteiger charge is 2.06. The first-order chi connectivity index (χ1) is 6.06. The SMILES string of the molecule is CC(CN(C)C)NC(=O)CCCCl. The van der Waals surface area contributed by atoms with Gasteiger partial charge < -0.3 is 10.2 Å². The fraction of sp³-hybridized carbons (Fsp3) is 0.889. The van der Waals surface area contributed by atoms with E-state index >= 15 is 0 Å². The largest absolute Gasteiger partial charge is 0.352 e.